The molecular weight excluding hydrogens is 200 g/mol. The first kappa shape index (κ1) is 24.4. The van der Waals surface area contributed by atoms with Crippen LogP contribution in [0.1, 0.15) is 0 Å². The topological polar surface area (TPSA) is 122 Å². The molecule has 0 N–H and O–H groups in total. The summed E-state index contributed by atoms with van der Waals surface area (Å²) in [5.41, 5.74) is 0. The van der Waals surface area contributed by atoms with Gasteiger partial charge < -0.3 is 28.7 Å². The van der Waals surface area contributed by atoms with Crippen LogP contribution in [0.5, 0.6) is 0 Å². The van der Waals surface area contributed by atoms with E-state index in [1.807, 2.05) is 0 Å². The van der Waals surface area contributed by atoms with E-state index < -0.39 is 14.0 Å². The molecule has 0 aromatic carbocycles. The van der Waals surface area contributed by atoms with Crippen LogP contribution in [0.3, 0.4) is 0 Å². The zero-order chi connectivity index (χ0) is 8.91. The smallest absolute Gasteiger partial charge is 0.822 e. The first-order valence-corrected chi connectivity index (χ1v) is 3.88. The summed E-state index contributed by atoms with van der Waals surface area (Å²) in [4.78, 5) is 35.4. The molecule has 1 heterocycles. The predicted octanol–water partition coefficient (Wildman–Crippen LogP) is -11.7. The van der Waals surface area contributed by atoms with E-state index in [1.165, 1.54) is 0 Å². The molecule has 1 aliphatic rings. The van der Waals surface area contributed by atoms with Crippen molar-refractivity contribution in [3.63, 3.8) is 0 Å². The van der Waals surface area contributed by atoms with Gasteiger partial charge in [-0.3, -0.25) is 0 Å². The average Bonchev–Trinajstić information content (AvgIpc) is 2.12. The molecule has 0 aromatic heterocycles. The van der Waals surface area contributed by atoms with Crippen molar-refractivity contribution in [3.05, 3.63) is 0 Å². The van der Waals surface area contributed by atoms with Gasteiger partial charge in [0.25, 0.3) is 0 Å². The Morgan fingerprint density at radius 2 is 1.21 bits per heavy atom. The van der Waals surface area contributed by atoms with E-state index in [0.29, 0.717) is 13.2 Å². The van der Waals surface area contributed by atoms with Crippen molar-refractivity contribution < 1.29 is 90.1 Å². The van der Waals surface area contributed by atoms with Gasteiger partial charge in [0, 0.05) is 0 Å². The molecule has 1 fully saturated rings. The monoisotopic (exact) mass is 204 g/mol. The molecule has 0 amide bonds. The van der Waals surface area contributed by atoms with Gasteiger partial charge in [-0.25, -0.2) is 4.79 Å². The van der Waals surface area contributed by atoms with Crippen LogP contribution in [0.25, 0.3) is 0 Å². The Kier molecular flexibility index (Phi) is 21.3. The van der Waals surface area contributed by atoms with Crippen LogP contribution in [0.15, 0.2) is 0 Å². The van der Waals surface area contributed by atoms with Crippen LogP contribution < -0.4 is 71.3 Å². The van der Waals surface area contributed by atoms with E-state index in [1.54, 1.807) is 0 Å². The fourth-order valence-electron chi connectivity index (χ4n) is 0.292. The summed E-state index contributed by atoms with van der Waals surface area (Å²) in [6, 6.07) is 0. The fourth-order valence-corrected chi connectivity index (χ4v) is 0.292. The van der Waals surface area contributed by atoms with Crippen LogP contribution in [0.2, 0.25) is 0 Å². The second-order valence-corrected chi connectivity index (χ2v) is 2.29. The number of ether oxygens (including phenoxy) is 2. The number of rotatable bonds is 0. The standard InChI is InChI=1S/C3H4O3.3Li.H3O4P/c4-3-5-1-2-6-3;;;;1-5(2,3)4/h1-2H2;;;;(H3,1,2,3,4)/q;3*+1;/p-3. The summed E-state index contributed by atoms with van der Waals surface area (Å²) in [6.07, 6.45) is -0.546. The van der Waals surface area contributed by atoms with Gasteiger partial charge >= 0.3 is 62.7 Å². The third-order valence-corrected chi connectivity index (χ3v) is 0.523. The summed E-state index contributed by atoms with van der Waals surface area (Å²) >= 11 is 0. The second-order valence-electron chi connectivity index (χ2n) is 1.39. The quantitative estimate of drug-likeness (QED) is 0.218. The van der Waals surface area contributed by atoms with Crippen LogP contribution in [-0.2, 0) is 14.0 Å². The Morgan fingerprint density at radius 1 is 1.00 bits per heavy atom. The van der Waals surface area contributed by atoms with Crippen LogP contribution in [0, 0.1) is 0 Å². The molecule has 66 valence electrons. The third kappa shape index (κ3) is 29.2. The maximum absolute atomic E-state index is 9.80. The van der Waals surface area contributed by atoms with Crippen LogP contribution in [0.4, 0.5) is 4.79 Å². The van der Waals surface area contributed by atoms with Gasteiger partial charge in [-0.05, 0) is 0 Å². The molecule has 0 spiro atoms. The van der Waals surface area contributed by atoms with E-state index in [4.69, 9.17) is 19.2 Å². The molecule has 7 nitrogen and oxygen atoms in total. The van der Waals surface area contributed by atoms with Gasteiger partial charge in [0.2, 0.25) is 0 Å². The van der Waals surface area contributed by atoms with E-state index in [-0.39, 0.29) is 56.6 Å². The Bertz CT molecular complexity index is 165. The molecule has 14 heavy (non-hydrogen) atoms. The van der Waals surface area contributed by atoms with Crippen molar-refractivity contribution >= 4 is 14.0 Å². The number of phosphoric acid groups is 1. The Labute approximate surface area is 117 Å². The minimum Gasteiger partial charge on any atom is -0.822 e. The molecule has 0 unspecified atom stereocenters. The van der Waals surface area contributed by atoms with Crippen molar-refractivity contribution in [3.8, 4) is 0 Å². The molecule has 1 saturated heterocycles. The van der Waals surface area contributed by atoms with E-state index in [9.17, 15) is 4.79 Å². The molecule has 0 saturated carbocycles. The molecule has 0 atom stereocenters. The van der Waals surface area contributed by atoms with Gasteiger partial charge in [0.15, 0.2) is 0 Å². The molecule has 0 radical (unpaired) electrons. The van der Waals surface area contributed by atoms with E-state index in [2.05, 4.69) is 9.47 Å². The van der Waals surface area contributed by atoms with Crippen molar-refractivity contribution in [1.29, 1.82) is 0 Å². The van der Waals surface area contributed by atoms with Gasteiger partial charge in [0.1, 0.15) is 13.2 Å². The first-order valence-electron chi connectivity index (χ1n) is 2.42. The Morgan fingerprint density at radius 3 is 1.29 bits per heavy atom. The summed E-state index contributed by atoms with van der Waals surface area (Å²) in [6.45, 7) is 0.831. The van der Waals surface area contributed by atoms with Gasteiger partial charge in [0.05, 0.1) is 0 Å². The summed E-state index contributed by atoms with van der Waals surface area (Å²) < 4.78 is 17.1. The Balaban J connectivity index is -0.0000000597. The average molecular weight is 204 g/mol. The maximum atomic E-state index is 9.80. The minimum absolute atomic E-state index is 0. The maximum Gasteiger partial charge on any atom is 1.00 e. The first-order chi connectivity index (χ1) is 4.89. The van der Waals surface area contributed by atoms with Crippen LogP contribution in [-0.4, -0.2) is 19.4 Å². The Hall–Kier alpha value is 1.17. The van der Waals surface area contributed by atoms with E-state index >= 15 is 0 Å². The zero-order valence-corrected chi connectivity index (χ0v) is 9.11. The second kappa shape index (κ2) is 12.2. The van der Waals surface area contributed by atoms with Gasteiger partial charge in [-0.1, -0.05) is 0 Å². The summed E-state index contributed by atoms with van der Waals surface area (Å²) in [7, 11) is -5.39. The number of hydrogen-bond acceptors (Lipinski definition) is 7. The molecule has 0 bridgehead atoms. The number of cyclic esters (lactones) is 2. The van der Waals surface area contributed by atoms with Crippen LogP contribution >= 0.6 is 7.82 Å². The molecule has 1 rings (SSSR count). The predicted molar refractivity (Wildman–Crippen MR) is 24.9 cm³/mol. The SMILES string of the molecule is O=C1OCCO1.O=P([O-])([O-])[O-].[Li+].[Li+].[Li+]. The van der Waals surface area contributed by atoms with E-state index in [0.717, 1.165) is 0 Å². The summed E-state index contributed by atoms with van der Waals surface area (Å²) in [5.74, 6) is 0. The van der Waals surface area contributed by atoms with Crippen molar-refractivity contribution in [2.75, 3.05) is 13.2 Å². The normalized spacial score (nSPS) is 12.6. The summed E-state index contributed by atoms with van der Waals surface area (Å²) in [5, 5.41) is 0. The molecule has 1 aliphatic heterocycles. The number of carbonyl (C=O) groups is 1. The van der Waals surface area contributed by atoms with Crippen molar-refractivity contribution in [2.24, 2.45) is 0 Å². The zero-order valence-electron chi connectivity index (χ0n) is 8.22. The van der Waals surface area contributed by atoms with Crippen molar-refractivity contribution in [1.82, 2.24) is 0 Å². The van der Waals surface area contributed by atoms with Gasteiger partial charge in [-0.2, -0.15) is 7.82 Å². The molecule has 0 aromatic rings. The third-order valence-electron chi connectivity index (χ3n) is 0.523. The molecule has 11 heteroatoms. The number of carbonyl (C=O) groups excluding carboxylic acids is 1. The fraction of sp³-hybridized carbons (Fsp3) is 0.667. The van der Waals surface area contributed by atoms with Gasteiger partial charge in [-0.15, -0.1) is 0 Å². The molecular formula is C3H4Li3O7P. The molecule has 0 aliphatic carbocycles. The number of hydrogen-bond donors (Lipinski definition) is 0. The van der Waals surface area contributed by atoms with Crippen molar-refractivity contribution in [2.45, 2.75) is 0 Å². The largest absolute Gasteiger partial charge is 1.00 e. The minimum atomic E-state index is -5.39.